The second kappa shape index (κ2) is 6.15. The third-order valence-electron chi connectivity index (χ3n) is 3.44. The van der Waals surface area contributed by atoms with Crippen LogP contribution in [0.15, 0.2) is 23.3 Å². The number of allylic oxidation sites excluding steroid dienone is 3. The van der Waals surface area contributed by atoms with Crippen LogP contribution in [0.3, 0.4) is 0 Å². The summed E-state index contributed by atoms with van der Waals surface area (Å²) in [7, 11) is 0. The van der Waals surface area contributed by atoms with E-state index in [0.29, 0.717) is 5.41 Å². The molecule has 0 heterocycles. The minimum atomic E-state index is 0.394. The van der Waals surface area contributed by atoms with Gasteiger partial charge in [-0.3, -0.25) is 0 Å². The molecule has 0 radical (unpaired) electrons. The standard InChI is InChI=1S/C15H28/c1-8-10-12(3)14(5)13(4)11-15(6,7)9-2/h4,8-11H2,1-3,5-7H3/b14-12-. The third kappa shape index (κ3) is 5.20. The first kappa shape index (κ1) is 14.5. The van der Waals surface area contributed by atoms with Crippen molar-refractivity contribution in [1.82, 2.24) is 0 Å². The third-order valence-corrected chi connectivity index (χ3v) is 3.44. The summed E-state index contributed by atoms with van der Waals surface area (Å²) < 4.78 is 0. The quantitative estimate of drug-likeness (QED) is 0.505. The summed E-state index contributed by atoms with van der Waals surface area (Å²) in [6.45, 7) is 17.8. The van der Waals surface area contributed by atoms with Crippen molar-refractivity contribution in [2.24, 2.45) is 5.41 Å². The van der Waals surface area contributed by atoms with Gasteiger partial charge in [-0.2, -0.15) is 0 Å². The van der Waals surface area contributed by atoms with Gasteiger partial charge in [0.1, 0.15) is 0 Å². The Kier molecular flexibility index (Phi) is 5.93. The van der Waals surface area contributed by atoms with Gasteiger partial charge in [-0.1, -0.05) is 58.3 Å². The molecule has 0 fully saturated rings. The molecular weight excluding hydrogens is 180 g/mol. The van der Waals surface area contributed by atoms with Crippen molar-refractivity contribution >= 4 is 0 Å². The van der Waals surface area contributed by atoms with E-state index in [9.17, 15) is 0 Å². The fraction of sp³-hybridized carbons (Fsp3) is 0.733. The lowest BCUT2D eigenvalue weighted by atomic mass is 9.81. The Labute approximate surface area is 96.5 Å². The Balaban J connectivity index is 4.52. The van der Waals surface area contributed by atoms with Gasteiger partial charge in [0, 0.05) is 0 Å². The first-order valence-electron chi connectivity index (χ1n) is 6.18. The van der Waals surface area contributed by atoms with Gasteiger partial charge >= 0.3 is 0 Å². The summed E-state index contributed by atoms with van der Waals surface area (Å²) >= 11 is 0. The molecule has 0 spiro atoms. The highest BCUT2D eigenvalue weighted by molar-refractivity contribution is 5.31. The van der Waals surface area contributed by atoms with Crippen molar-refractivity contribution in [1.29, 1.82) is 0 Å². The molecule has 0 saturated carbocycles. The van der Waals surface area contributed by atoms with Crippen molar-refractivity contribution < 1.29 is 0 Å². The second-order valence-corrected chi connectivity index (χ2v) is 5.45. The van der Waals surface area contributed by atoms with E-state index in [1.165, 1.54) is 36.0 Å². The molecule has 0 N–H and O–H groups in total. The molecule has 0 aliphatic rings. The monoisotopic (exact) mass is 208 g/mol. The highest BCUT2D eigenvalue weighted by Gasteiger charge is 2.17. The molecule has 0 unspecified atom stereocenters. The van der Waals surface area contributed by atoms with Gasteiger partial charge in [-0.15, -0.1) is 0 Å². The van der Waals surface area contributed by atoms with Gasteiger partial charge in [0.15, 0.2) is 0 Å². The first-order chi connectivity index (χ1) is 6.84. The Bertz CT molecular complexity index is 241. The van der Waals surface area contributed by atoms with Crippen molar-refractivity contribution in [2.75, 3.05) is 0 Å². The van der Waals surface area contributed by atoms with Gasteiger partial charge in [-0.25, -0.2) is 0 Å². The molecule has 0 heteroatoms. The topological polar surface area (TPSA) is 0 Å². The Morgan fingerprint density at radius 2 is 1.67 bits per heavy atom. The summed E-state index contributed by atoms with van der Waals surface area (Å²) in [4.78, 5) is 0. The largest absolute Gasteiger partial charge is 0.0955 e. The molecule has 0 aromatic rings. The van der Waals surface area contributed by atoms with Gasteiger partial charge in [0.2, 0.25) is 0 Å². The van der Waals surface area contributed by atoms with Crippen LogP contribution in [0.1, 0.15) is 67.2 Å². The fourth-order valence-electron chi connectivity index (χ4n) is 1.70. The molecule has 0 rings (SSSR count). The van der Waals surface area contributed by atoms with E-state index in [2.05, 4.69) is 48.1 Å². The Hall–Kier alpha value is -0.520. The lowest BCUT2D eigenvalue weighted by Crippen LogP contribution is -2.11. The Morgan fingerprint density at radius 3 is 2.07 bits per heavy atom. The second-order valence-electron chi connectivity index (χ2n) is 5.45. The van der Waals surface area contributed by atoms with Gasteiger partial charge in [0.05, 0.1) is 0 Å². The summed E-state index contributed by atoms with van der Waals surface area (Å²) in [6.07, 6.45) is 4.77. The van der Waals surface area contributed by atoms with E-state index >= 15 is 0 Å². The summed E-state index contributed by atoms with van der Waals surface area (Å²) in [5.41, 5.74) is 4.66. The highest BCUT2D eigenvalue weighted by Crippen LogP contribution is 2.32. The molecule has 0 aliphatic heterocycles. The molecule has 0 aliphatic carbocycles. The van der Waals surface area contributed by atoms with E-state index in [0.717, 1.165) is 6.42 Å². The van der Waals surface area contributed by atoms with Crippen LogP contribution in [-0.4, -0.2) is 0 Å². The summed E-state index contributed by atoms with van der Waals surface area (Å²) in [5, 5.41) is 0. The van der Waals surface area contributed by atoms with Crippen LogP contribution in [-0.2, 0) is 0 Å². The summed E-state index contributed by atoms with van der Waals surface area (Å²) in [6, 6.07) is 0. The maximum Gasteiger partial charge on any atom is -0.0231 e. The first-order valence-corrected chi connectivity index (χ1v) is 6.18. The van der Waals surface area contributed by atoms with Gasteiger partial charge < -0.3 is 0 Å². The van der Waals surface area contributed by atoms with Gasteiger partial charge in [-0.05, 0) is 37.7 Å². The molecule has 0 aromatic carbocycles. The maximum atomic E-state index is 4.23. The zero-order valence-corrected chi connectivity index (χ0v) is 11.5. The van der Waals surface area contributed by atoms with Crippen molar-refractivity contribution in [3.63, 3.8) is 0 Å². The highest BCUT2D eigenvalue weighted by atomic mass is 14.2. The SMILES string of the molecule is C=C(CC(C)(C)CC)/C(C)=C(/C)CCC. The number of rotatable bonds is 6. The zero-order valence-electron chi connectivity index (χ0n) is 11.5. The van der Waals surface area contributed by atoms with Crippen molar-refractivity contribution in [3.05, 3.63) is 23.3 Å². The zero-order chi connectivity index (χ0) is 12.1. The lowest BCUT2D eigenvalue weighted by molar-refractivity contribution is 0.350. The van der Waals surface area contributed by atoms with E-state index < -0.39 is 0 Å². The average molecular weight is 208 g/mol. The fourth-order valence-corrected chi connectivity index (χ4v) is 1.70. The minimum Gasteiger partial charge on any atom is -0.0955 e. The normalized spacial score (nSPS) is 13.7. The molecule has 0 bridgehead atoms. The molecule has 0 atom stereocenters. The Morgan fingerprint density at radius 1 is 1.13 bits per heavy atom. The van der Waals surface area contributed by atoms with Crippen LogP contribution in [0, 0.1) is 5.41 Å². The average Bonchev–Trinajstić information content (AvgIpc) is 2.16. The molecule has 88 valence electrons. The van der Waals surface area contributed by atoms with Crippen LogP contribution in [0.25, 0.3) is 0 Å². The predicted octanol–water partition coefficient (Wildman–Crippen LogP) is 5.51. The molecule has 0 saturated heterocycles. The molecule has 0 nitrogen and oxygen atoms in total. The molecule has 0 aromatic heterocycles. The van der Waals surface area contributed by atoms with Crippen molar-refractivity contribution in [3.8, 4) is 0 Å². The predicted molar refractivity (Wildman–Crippen MR) is 71.1 cm³/mol. The van der Waals surface area contributed by atoms with E-state index in [4.69, 9.17) is 0 Å². The van der Waals surface area contributed by atoms with E-state index in [1.54, 1.807) is 0 Å². The molecular formula is C15H28. The summed E-state index contributed by atoms with van der Waals surface area (Å²) in [5.74, 6) is 0. The van der Waals surface area contributed by atoms with E-state index in [1.807, 2.05) is 0 Å². The van der Waals surface area contributed by atoms with Crippen LogP contribution in [0.2, 0.25) is 0 Å². The number of hydrogen-bond acceptors (Lipinski definition) is 0. The van der Waals surface area contributed by atoms with Crippen LogP contribution in [0.5, 0.6) is 0 Å². The lowest BCUT2D eigenvalue weighted by Gasteiger charge is -2.24. The smallest absolute Gasteiger partial charge is 0.0231 e. The van der Waals surface area contributed by atoms with Crippen molar-refractivity contribution in [2.45, 2.75) is 67.2 Å². The van der Waals surface area contributed by atoms with Crippen LogP contribution < -0.4 is 0 Å². The number of hydrogen-bond donors (Lipinski definition) is 0. The van der Waals surface area contributed by atoms with Crippen LogP contribution >= 0.6 is 0 Å². The van der Waals surface area contributed by atoms with Gasteiger partial charge in [0.25, 0.3) is 0 Å². The maximum absolute atomic E-state index is 4.23. The molecule has 15 heavy (non-hydrogen) atoms. The van der Waals surface area contributed by atoms with Crippen LogP contribution in [0.4, 0.5) is 0 Å². The van der Waals surface area contributed by atoms with E-state index in [-0.39, 0.29) is 0 Å². The molecule has 0 amide bonds. The minimum absolute atomic E-state index is 0.394.